The number of carbonyl (C=O) groups is 1. The minimum absolute atomic E-state index is 0.0207. The highest BCUT2D eigenvalue weighted by Gasteiger charge is 2.29. The zero-order valence-corrected chi connectivity index (χ0v) is 11.9. The Labute approximate surface area is 116 Å². The van der Waals surface area contributed by atoms with Crippen LogP contribution < -0.4 is 0 Å². The lowest BCUT2D eigenvalue weighted by Crippen LogP contribution is -2.34. The fourth-order valence-corrected chi connectivity index (χ4v) is 3.18. The first-order valence-electron chi connectivity index (χ1n) is 5.85. The number of hydrogen-bond acceptors (Lipinski definition) is 4. The average Bonchev–Trinajstić information content (AvgIpc) is 2.38. The molecule has 0 atom stereocenters. The quantitative estimate of drug-likeness (QED) is 0.748. The van der Waals surface area contributed by atoms with Crippen LogP contribution in [0.25, 0.3) is 0 Å². The van der Waals surface area contributed by atoms with Gasteiger partial charge in [-0.2, -0.15) is 4.31 Å². The number of halogens is 2. The Kier molecular flexibility index (Phi) is 5.58. The van der Waals surface area contributed by atoms with Crippen LogP contribution in [-0.2, 0) is 19.6 Å². The predicted octanol–water partition coefficient (Wildman–Crippen LogP) is 1.54. The van der Waals surface area contributed by atoms with Crippen molar-refractivity contribution >= 4 is 16.0 Å². The first kappa shape index (κ1) is 16.5. The van der Waals surface area contributed by atoms with E-state index in [1.807, 2.05) is 0 Å². The van der Waals surface area contributed by atoms with E-state index in [0.29, 0.717) is 0 Å². The molecule has 1 aromatic rings. The summed E-state index contributed by atoms with van der Waals surface area (Å²) in [6.07, 6.45) is -0.195. The Morgan fingerprint density at radius 1 is 1.30 bits per heavy atom. The molecule has 8 heteroatoms. The van der Waals surface area contributed by atoms with E-state index in [2.05, 4.69) is 4.74 Å². The fraction of sp³-hybridized carbons (Fsp3) is 0.417. The molecule has 20 heavy (non-hydrogen) atoms. The molecule has 0 aliphatic heterocycles. The second kappa shape index (κ2) is 6.76. The van der Waals surface area contributed by atoms with Gasteiger partial charge in [0.1, 0.15) is 11.6 Å². The Bertz CT molecular complexity index is 569. The number of esters is 1. The van der Waals surface area contributed by atoms with Gasteiger partial charge in [-0.3, -0.25) is 4.79 Å². The molecule has 0 saturated carbocycles. The lowest BCUT2D eigenvalue weighted by molar-refractivity contribution is -0.140. The van der Waals surface area contributed by atoms with Crippen LogP contribution in [-0.4, -0.2) is 38.9 Å². The maximum atomic E-state index is 13.6. The van der Waals surface area contributed by atoms with Gasteiger partial charge in [0.25, 0.3) is 0 Å². The van der Waals surface area contributed by atoms with Gasteiger partial charge in [-0.05, 0) is 12.1 Å². The van der Waals surface area contributed by atoms with Gasteiger partial charge in [-0.15, -0.1) is 0 Å². The van der Waals surface area contributed by atoms with Gasteiger partial charge in [0, 0.05) is 13.1 Å². The second-order valence-corrected chi connectivity index (χ2v) is 5.75. The van der Waals surface area contributed by atoms with E-state index < -0.39 is 32.5 Å². The first-order chi connectivity index (χ1) is 9.34. The first-order valence-corrected chi connectivity index (χ1v) is 7.29. The number of rotatable bonds is 6. The Morgan fingerprint density at radius 3 is 2.30 bits per heavy atom. The van der Waals surface area contributed by atoms with Crippen molar-refractivity contribution in [3.05, 3.63) is 29.8 Å². The summed E-state index contributed by atoms with van der Waals surface area (Å²) in [6.45, 7) is 1.28. The molecule has 0 saturated heterocycles. The predicted molar refractivity (Wildman–Crippen MR) is 67.4 cm³/mol. The maximum Gasteiger partial charge on any atom is 0.306 e. The third-order valence-electron chi connectivity index (χ3n) is 2.66. The molecule has 0 fully saturated rings. The van der Waals surface area contributed by atoms with E-state index in [1.54, 1.807) is 0 Å². The van der Waals surface area contributed by atoms with Gasteiger partial charge < -0.3 is 4.74 Å². The number of carbonyl (C=O) groups excluding carboxylic acids is 1. The normalized spacial score (nSPS) is 11.7. The van der Waals surface area contributed by atoms with Crippen LogP contribution in [0.1, 0.15) is 13.3 Å². The lowest BCUT2D eigenvalue weighted by atomic mass is 10.3. The Hall–Kier alpha value is -1.54. The number of methoxy groups -OCH3 is 1. The largest absolute Gasteiger partial charge is 0.469 e. The molecule has 112 valence electrons. The number of hydrogen-bond donors (Lipinski definition) is 0. The molecule has 0 amide bonds. The zero-order chi connectivity index (χ0) is 15.3. The van der Waals surface area contributed by atoms with Gasteiger partial charge in [0.15, 0.2) is 4.90 Å². The van der Waals surface area contributed by atoms with Gasteiger partial charge in [-0.25, -0.2) is 17.2 Å². The molecule has 0 spiro atoms. The van der Waals surface area contributed by atoms with Crippen molar-refractivity contribution in [1.29, 1.82) is 0 Å². The molecule has 0 bridgehead atoms. The number of ether oxygens (including phenoxy) is 1. The molecule has 0 aromatic heterocycles. The number of benzene rings is 1. The average molecular weight is 307 g/mol. The van der Waals surface area contributed by atoms with E-state index >= 15 is 0 Å². The SMILES string of the molecule is CCN(CCC(=O)OC)S(=O)(=O)c1c(F)cccc1F. The monoisotopic (exact) mass is 307 g/mol. The molecule has 5 nitrogen and oxygen atoms in total. The molecular formula is C12H15F2NO4S. The van der Waals surface area contributed by atoms with Gasteiger partial charge in [0.05, 0.1) is 13.5 Å². The zero-order valence-electron chi connectivity index (χ0n) is 11.1. The van der Waals surface area contributed by atoms with Gasteiger partial charge >= 0.3 is 5.97 Å². The van der Waals surface area contributed by atoms with Gasteiger partial charge in [-0.1, -0.05) is 13.0 Å². The van der Waals surface area contributed by atoms with E-state index in [1.165, 1.54) is 14.0 Å². The van der Waals surface area contributed by atoms with Crippen molar-refractivity contribution in [3.63, 3.8) is 0 Å². The molecule has 0 unspecified atom stereocenters. The highest BCUT2D eigenvalue weighted by molar-refractivity contribution is 7.89. The summed E-state index contributed by atoms with van der Waals surface area (Å²) in [4.78, 5) is 10.0. The topological polar surface area (TPSA) is 63.7 Å². The molecule has 0 aliphatic carbocycles. The number of nitrogens with zero attached hydrogens (tertiary/aromatic N) is 1. The third kappa shape index (κ3) is 3.51. The minimum atomic E-state index is -4.34. The summed E-state index contributed by atoms with van der Waals surface area (Å²) < 4.78 is 56.8. The van der Waals surface area contributed by atoms with Crippen molar-refractivity contribution in [2.24, 2.45) is 0 Å². The third-order valence-corrected chi connectivity index (χ3v) is 4.69. The summed E-state index contributed by atoms with van der Waals surface area (Å²) in [6, 6.07) is 2.81. The van der Waals surface area contributed by atoms with Crippen molar-refractivity contribution in [2.75, 3.05) is 20.2 Å². The van der Waals surface area contributed by atoms with E-state index in [-0.39, 0.29) is 19.5 Å². The summed E-state index contributed by atoms with van der Waals surface area (Å²) in [5.74, 6) is -2.93. The summed E-state index contributed by atoms with van der Waals surface area (Å²) >= 11 is 0. The van der Waals surface area contributed by atoms with Crippen LogP contribution >= 0.6 is 0 Å². The molecule has 0 heterocycles. The molecule has 0 aliphatic rings. The van der Waals surface area contributed by atoms with Crippen molar-refractivity contribution in [1.82, 2.24) is 4.31 Å². The van der Waals surface area contributed by atoms with E-state index in [4.69, 9.17) is 0 Å². The van der Waals surface area contributed by atoms with E-state index in [9.17, 15) is 22.0 Å². The summed E-state index contributed by atoms with van der Waals surface area (Å²) in [5.41, 5.74) is 0. The summed E-state index contributed by atoms with van der Waals surface area (Å²) in [7, 11) is -3.17. The highest BCUT2D eigenvalue weighted by Crippen LogP contribution is 2.22. The van der Waals surface area contributed by atoms with Crippen LogP contribution in [0.3, 0.4) is 0 Å². The fourth-order valence-electron chi connectivity index (χ4n) is 1.62. The van der Waals surface area contributed by atoms with Crippen LogP contribution in [0.2, 0.25) is 0 Å². The van der Waals surface area contributed by atoms with Crippen molar-refractivity contribution in [3.8, 4) is 0 Å². The molecular weight excluding hydrogens is 292 g/mol. The molecule has 0 radical (unpaired) electrons. The van der Waals surface area contributed by atoms with E-state index in [0.717, 1.165) is 22.5 Å². The van der Waals surface area contributed by atoms with Crippen LogP contribution in [0.4, 0.5) is 8.78 Å². The Morgan fingerprint density at radius 2 is 1.85 bits per heavy atom. The minimum Gasteiger partial charge on any atom is -0.469 e. The van der Waals surface area contributed by atoms with Crippen molar-refractivity contribution < 1.29 is 26.7 Å². The standard InChI is InChI=1S/C12H15F2NO4S/c1-3-15(8-7-11(16)19-2)20(17,18)12-9(13)5-4-6-10(12)14/h4-6H,3,7-8H2,1-2H3. The smallest absolute Gasteiger partial charge is 0.306 e. The van der Waals surface area contributed by atoms with Crippen LogP contribution in [0.5, 0.6) is 0 Å². The summed E-state index contributed by atoms with van der Waals surface area (Å²) in [5, 5.41) is 0. The lowest BCUT2D eigenvalue weighted by Gasteiger charge is -2.20. The highest BCUT2D eigenvalue weighted by atomic mass is 32.2. The Balaban J connectivity index is 3.10. The molecule has 1 rings (SSSR count). The maximum absolute atomic E-state index is 13.6. The molecule has 1 aromatic carbocycles. The van der Waals surface area contributed by atoms with Crippen molar-refractivity contribution in [2.45, 2.75) is 18.2 Å². The number of sulfonamides is 1. The second-order valence-electron chi connectivity index (χ2n) is 3.87. The van der Waals surface area contributed by atoms with Gasteiger partial charge in [0.2, 0.25) is 10.0 Å². The molecule has 0 N–H and O–H groups in total. The van der Waals surface area contributed by atoms with Crippen LogP contribution in [0, 0.1) is 11.6 Å². The van der Waals surface area contributed by atoms with Crippen LogP contribution in [0.15, 0.2) is 23.1 Å².